The maximum absolute atomic E-state index is 11.8. The summed E-state index contributed by atoms with van der Waals surface area (Å²) in [4.78, 5) is 24.3. The molecule has 0 N–H and O–H groups in total. The summed E-state index contributed by atoms with van der Waals surface area (Å²) >= 11 is 7.41. The molecule has 124 valence electrons. The predicted octanol–water partition coefficient (Wildman–Crippen LogP) is 3.35. The van der Waals surface area contributed by atoms with E-state index in [1.807, 2.05) is 17.5 Å². The van der Waals surface area contributed by atoms with Gasteiger partial charge in [0.2, 0.25) is 0 Å². The molecule has 2 heterocycles. The van der Waals surface area contributed by atoms with Crippen LogP contribution in [0.1, 0.15) is 12.0 Å². The van der Waals surface area contributed by atoms with Crippen LogP contribution in [-0.4, -0.2) is 15.7 Å². The van der Waals surface area contributed by atoms with E-state index < -0.39 is 11.7 Å². The highest BCUT2D eigenvalue weighted by Crippen LogP contribution is 2.21. The molecule has 3 rings (SSSR count). The van der Waals surface area contributed by atoms with Crippen molar-refractivity contribution in [2.45, 2.75) is 19.6 Å². The van der Waals surface area contributed by atoms with Crippen molar-refractivity contribution in [1.82, 2.24) is 9.78 Å². The summed E-state index contributed by atoms with van der Waals surface area (Å²) in [6.45, 7) is 0.182. The molecule has 0 atom stereocenters. The van der Waals surface area contributed by atoms with Crippen LogP contribution in [0.3, 0.4) is 0 Å². The third-order valence-corrected chi connectivity index (χ3v) is 4.44. The fourth-order valence-corrected chi connectivity index (χ4v) is 2.82. The van der Waals surface area contributed by atoms with Crippen LogP contribution in [0.2, 0.25) is 5.02 Å². The van der Waals surface area contributed by atoms with Crippen molar-refractivity contribution in [3.05, 3.63) is 62.9 Å². The van der Waals surface area contributed by atoms with Crippen molar-refractivity contribution in [1.29, 1.82) is 0 Å². The van der Waals surface area contributed by atoms with Gasteiger partial charge in [-0.1, -0.05) is 35.9 Å². The largest absolute Gasteiger partial charge is 0.461 e. The molecule has 0 radical (unpaired) electrons. The number of carbonyl (C=O) groups is 1. The van der Waals surface area contributed by atoms with E-state index in [0.717, 1.165) is 15.1 Å². The van der Waals surface area contributed by atoms with E-state index in [-0.39, 0.29) is 25.5 Å². The van der Waals surface area contributed by atoms with Crippen LogP contribution in [0.5, 0.6) is 0 Å². The first-order chi connectivity index (χ1) is 11.6. The van der Waals surface area contributed by atoms with E-state index in [1.54, 1.807) is 24.3 Å². The number of halogens is 1. The van der Waals surface area contributed by atoms with E-state index in [1.165, 1.54) is 11.3 Å². The van der Waals surface area contributed by atoms with Gasteiger partial charge >= 0.3 is 11.7 Å². The normalized spacial score (nSPS) is 10.7. The Kier molecular flexibility index (Phi) is 5.12. The summed E-state index contributed by atoms with van der Waals surface area (Å²) in [6.07, 6.45) is 0.0147. The Labute approximate surface area is 146 Å². The summed E-state index contributed by atoms with van der Waals surface area (Å²) in [5.41, 5.74) is 0.728. The summed E-state index contributed by atoms with van der Waals surface area (Å²) < 4.78 is 11.3. The molecule has 0 aliphatic carbocycles. The third-order valence-electron chi connectivity index (χ3n) is 3.21. The smallest absolute Gasteiger partial charge is 0.437 e. The topological polar surface area (TPSA) is 74.3 Å². The maximum Gasteiger partial charge on any atom is 0.437 e. The number of aromatic nitrogens is 2. The van der Waals surface area contributed by atoms with Gasteiger partial charge in [-0.2, -0.15) is 4.68 Å². The monoisotopic (exact) mass is 364 g/mol. The van der Waals surface area contributed by atoms with Gasteiger partial charge in [-0.25, -0.2) is 4.79 Å². The Hall–Kier alpha value is -2.38. The molecule has 0 saturated heterocycles. The average molecular weight is 365 g/mol. The molecular weight excluding hydrogens is 352 g/mol. The number of aryl methyl sites for hydroxylation is 1. The Morgan fingerprint density at radius 2 is 2.12 bits per heavy atom. The van der Waals surface area contributed by atoms with Crippen molar-refractivity contribution in [2.75, 3.05) is 0 Å². The zero-order valence-corrected chi connectivity index (χ0v) is 14.0. The molecule has 3 aromatic rings. The fourth-order valence-electron chi connectivity index (χ4n) is 1.99. The van der Waals surface area contributed by atoms with Crippen LogP contribution >= 0.6 is 22.9 Å². The second-order valence-electron chi connectivity index (χ2n) is 4.88. The van der Waals surface area contributed by atoms with Crippen LogP contribution in [-0.2, 0) is 22.7 Å². The number of rotatable bonds is 6. The molecular formula is C16H13ClN2O4S. The number of thiophene rings is 1. The molecule has 1 aromatic carbocycles. The predicted molar refractivity (Wildman–Crippen MR) is 89.9 cm³/mol. The van der Waals surface area contributed by atoms with Crippen molar-refractivity contribution >= 4 is 28.9 Å². The van der Waals surface area contributed by atoms with Crippen molar-refractivity contribution in [2.24, 2.45) is 0 Å². The first-order valence-electron chi connectivity index (χ1n) is 7.14. The molecule has 2 aromatic heterocycles. The minimum atomic E-state index is -0.600. The summed E-state index contributed by atoms with van der Waals surface area (Å²) in [7, 11) is 0. The van der Waals surface area contributed by atoms with Crippen molar-refractivity contribution < 1.29 is 13.9 Å². The molecule has 0 fully saturated rings. The fraction of sp³-hybridized carbons (Fsp3) is 0.188. The lowest BCUT2D eigenvalue weighted by Gasteiger charge is -2.06. The van der Waals surface area contributed by atoms with Gasteiger partial charge in [0.1, 0.15) is 6.61 Å². The Morgan fingerprint density at radius 1 is 1.29 bits per heavy atom. The molecule has 0 aliphatic heterocycles. The van der Waals surface area contributed by atoms with Crippen LogP contribution in [0.4, 0.5) is 0 Å². The van der Waals surface area contributed by atoms with E-state index in [0.29, 0.717) is 5.02 Å². The first-order valence-corrected chi connectivity index (χ1v) is 8.40. The van der Waals surface area contributed by atoms with Crippen LogP contribution in [0, 0.1) is 0 Å². The van der Waals surface area contributed by atoms with E-state index in [9.17, 15) is 9.59 Å². The van der Waals surface area contributed by atoms with Crippen LogP contribution in [0.25, 0.3) is 10.8 Å². The summed E-state index contributed by atoms with van der Waals surface area (Å²) in [5, 5.41) is 6.48. The SMILES string of the molecule is O=C(CCn1nc(-c2cccs2)oc1=O)OCc1ccccc1Cl. The van der Waals surface area contributed by atoms with Gasteiger partial charge in [-0.15, -0.1) is 16.4 Å². The average Bonchev–Trinajstić information content (AvgIpc) is 3.22. The van der Waals surface area contributed by atoms with E-state index in [2.05, 4.69) is 5.10 Å². The van der Waals surface area contributed by atoms with Crippen LogP contribution < -0.4 is 5.76 Å². The number of hydrogen-bond donors (Lipinski definition) is 0. The molecule has 0 spiro atoms. The lowest BCUT2D eigenvalue weighted by molar-refractivity contribution is -0.145. The third kappa shape index (κ3) is 3.93. The quantitative estimate of drug-likeness (QED) is 0.627. The molecule has 0 amide bonds. The maximum atomic E-state index is 11.8. The number of esters is 1. The highest BCUT2D eigenvalue weighted by Gasteiger charge is 2.13. The van der Waals surface area contributed by atoms with Gasteiger partial charge in [-0.3, -0.25) is 4.79 Å². The zero-order chi connectivity index (χ0) is 16.9. The summed E-state index contributed by atoms with van der Waals surface area (Å²) in [6, 6.07) is 10.8. The highest BCUT2D eigenvalue weighted by molar-refractivity contribution is 7.13. The first kappa shape index (κ1) is 16.5. The molecule has 24 heavy (non-hydrogen) atoms. The van der Waals surface area contributed by atoms with Gasteiger partial charge in [-0.05, 0) is 17.5 Å². The number of carbonyl (C=O) groups excluding carboxylic acids is 1. The molecule has 0 bridgehead atoms. The minimum absolute atomic E-state index is 0.0147. The van der Waals surface area contributed by atoms with Gasteiger partial charge in [0.15, 0.2) is 0 Å². The molecule has 6 nitrogen and oxygen atoms in total. The Bertz CT molecular complexity index is 886. The number of hydrogen-bond acceptors (Lipinski definition) is 6. The summed E-state index contributed by atoms with van der Waals surface area (Å²) in [5.74, 6) is -0.792. The highest BCUT2D eigenvalue weighted by atomic mass is 35.5. The van der Waals surface area contributed by atoms with Gasteiger partial charge in [0, 0.05) is 10.6 Å². The second kappa shape index (κ2) is 7.46. The molecule has 0 saturated carbocycles. The number of nitrogens with zero attached hydrogens (tertiary/aromatic N) is 2. The van der Waals surface area contributed by atoms with Crippen molar-refractivity contribution in [3.63, 3.8) is 0 Å². The van der Waals surface area contributed by atoms with Gasteiger partial charge in [0.05, 0.1) is 17.8 Å². The standard InChI is InChI=1S/C16H13ClN2O4S/c17-12-5-2-1-4-11(12)10-22-14(20)7-8-19-16(21)23-15(18-19)13-6-3-9-24-13/h1-6,9H,7-8,10H2. The second-order valence-corrected chi connectivity index (χ2v) is 6.23. The Balaban J connectivity index is 1.55. The number of benzene rings is 1. The zero-order valence-electron chi connectivity index (χ0n) is 12.5. The van der Waals surface area contributed by atoms with Gasteiger partial charge < -0.3 is 9.15 Å². The van der Waals surface area contributed by atoms with Crippen LogP contribution in [0.15, 0.2) is 51.0 Å². The lowest BCUT2D eigenvalue weighted by Crippen LogP contribution is -2.18. The molecule has 0 aliphatic rings. The van der Waals surface area contributed by atoms with E-state index in [4.69, 9.17) is 20.8 Å². The minimum Gasteiger partial charge on any atom is -0.461 e. The number of ether oxygens (including phenoxy) is 1. The van der Waals surface area contributed by atoms with Gasteiger partial charge in [0.25, 0.3) is 5.89 Å². The van der Waals surface area contributed by atoms with E-state index >= 15 is 0 Å². The molecule has 0 unspecified atom stereocenters. The molecule has 8 heteroatoms. The Morgan fingerprint density at radius 3 is 2.88 bits per heavy atom. The lowest BCUT2D eigenvalue weighted by atomic mass is 10.2. The van der Waals surface area contributed by atoms with Crippen molar-refractivity contribution in [3.8, 4) is 10.8 Å².